The summed E-state index contributed by atoms with van der Waals surface area (Å²) in [6.07, 6.45) is -4.59. The molecule has 1 aliphatic rings. The molecule has 0 fully saturated rings. The fourth-order valence-electron chi connectivity index (χ4n) is 4.00. The second-order valence-corrected chi connectivity index (χ2v) is 7.59. The van der Waals surface area contributed by atoms with Gasteiger partial charge in [0.1, 0.15) is 6.04 Å². The van der Waals surface area contributed by atoms with Crippen molar-refractivity contribution in [2.45, 2.75) is 19.1 Å². The molecule has 1 atom stereocenters. The van der Waals surface area contributed by atoms with Crippen molar-refractivity contribution >= 4 is 17.6 Å². The van der Waals surface area contributed by atoms with Gasteiger partial charge in [-0.3, -0.25) is 4.90 Å². The maximum atomic E-state index is 13.4. The van der Waals surface area contributed by atoms with Crippen molar-refractivity contribution in [1.29, 1.82) is 5.26 Å². The first-order chi connectivity index (χ1) is 16.1. The van der Waals surface area contributed by atoms with E-state index >= 15 is 0 Å². The van der Waals surface area contributed by atoms with E-state index in [1.165, 1.54) is 35.8 Å². The van der Waals surface area contributed by atoms with Gasteiger partial charge in [-0.15, -0.1) is 5.10 Å². The largest absolute Gasteiger partial charge is 0.466 e. The van der Waals surface area contributed by atoms with Crippen LogP contribution in [0.15, 0.2) is 64.6 Å². The lowest BCUT2D eigenvalue weighted by Gasteiger charge is -2.35. The van der Waals surface area contributed by atoms with Gasteiger partial charge in [-0.05, 0) is 42.8 Å². The van der Waals surface area contributed by atoms with Crippen LogP contribution >= 0.6 is 0 Å². The Balaban J connectivity index is 2.03. The number of esters is 1. The van der Waals surface area contributed by atoms with Gasteiger partial charge in [0.05, 0.1) is 29.9 Å². The summed E-state index contributed by atoms with van der Waals surface area (Å²) in [6.45, 7) is 1.55. The first-order valence-corrected chi connectivity index (χ1v) is 10.0. The highest BCUT2D eigenvalue weighted by atomic mass is 19.4. The molecule has 0 amide bonds. The number of carbonyl (C=O) groups excluding carboxylic acids is 1. The van der Waals surface area contributed by atoms with Crippen molar-refractivity contribution < 1.29 is 22.7 Å². The molecule has 0 spiro atoms. The Bertz CT molecular complexity index is 1410. The summed E-state index contributed by atoms with van der Waals surface area (Å²) in [5.74, 6) is -0.725. The van der Waals surface area contributed by atoms with Gasteiger partial charge >= 0.3 is 17.8 Å². The lowest BCUT2D eigenvalue weighted by atomic mass is 9.94. The molecule has 4 rings (SSSR count). The fraction of sp³-hybridized carbons (Fsp3) is 0.217. The summed E-state index contributed by atoms with van der Waals surface area (Å²) in [7, 11) is 2.58. The molecular formula is C23H18F3N5O3. The summed E-state index contributed by atoms with van der Waals surface area (Å²) in [5, 5.41) is 13.4. The Morgan fingerprint density at radius 1 is 1.18 bits per heavy atom. The number of hydrogen-bond donors (Lipinski definition) is 0. The molecule has 1 aliphatic heterocycles. The highest BCUT2D eigenvalue weighted by Crippen LogP contribution is 2.42. The van der Waals surface area contributed by atoms with E-state index in [-0.39, 0.29) is 22.9 Å². The van der Waals surface area contributed by atoms with Gasteiger partial charge in [0, 0.05) is 18.4 Å². The molecular weight excluding hydrogens is 451 g/mol. The number of hydrogen-bond acceptors (Lipinski definition) is 6. The minimum absolute atomic E-state index is 0.0336. The second kappa shape index (κ2) is 8.22. The lowest BCUT2D eigenvalue weighted by molar-refractivity contribution is -0.138. The third-order valence-electron chi connectivity index (χ3n) is 5.59. The summed E-state index contributed by atoms with van der Waals surface area (Å²) < 4.78 is 47.4. The Morgan fingerprint density at radius 3 is 2.44 bits per heavy atom. The smallest absolute Gasteiger partial charge is 0.416 e. The van der Waals surface area contributed by atoms with E-state index < -0.39 is 29.4 Å². The van der Waals surface area contributed by atoms with Crippen LogP contribution in [0.4, 0.5) is 24.8 Å². The van der Waals surface area contributed by atoms with Crippen molar-refractivity contribution in [3.05, 3.63) is 87.0 Å². The van der Waals surface area contributed by atoms with Crippen LogP contribution in [0.25, 0.3) is 0 Å². The monoisotopic (exact) mass is 469 g/mol. The van der Waals surface area contributed by atoms with Crippen molar-refractivity contribution in [2.75, 3.05) is 12.0 Å². The molecule has 8 nitrogen and oxygen atoms in total. The van der Waals surface area contributed by atoms with Crippen LogP contribution < -0.4 is 10.6 Å². The number of anilines is 2. The molecule has 3 aromatic rings. The highest BCUT2D eigenvalue weighted by molar-refractivity contribution is 5.93. The standard InChI is InChI=1S/C23H18F3N5O3/c1-13-18(20(32)34-3)19(15-9-7-14(12-27)8-10-15)31-21(28-29(2)22(31)33)30(13)17-6-4-5-16(11-17)23(24,25)26/h4-11,19H,1-3H3. The Kier molecular flexibility index (Phi) is 5.53. The van der Waals surface area contributed by atoms with Gasteiger partial charge in [0.2, 0.25) is 5.95 Å². The van der Waals surface area contributed by atoms with Gasteiger partial charge in [-0.2, -0.15) is 18.4 Å². The SMILES string of the molecule is COC(=O)C1=C(C)N(c2cccc(C(F)(F)F)c2)c2nn(C)c(=O)n2C1c1ccc(C#N)cc1. The number of halogens is 3. The van der Waals surface area contributed by atoms with E-state index in [9.17, 15) is 22.8 Å². The van der Waals surface area contributed by atoms with Gasteiger partial charge < -0.3 is 4.74 Å². The molecule has 34 heavy (non-hydrogen) atoms. The molecule has 1 unspecified atom stereocenters. The number of alkyl halides is 3. The van der Waals surface area contributed by atoms with E-state index in [1.54, 1.807) is 31.2 Å². The van der Waals surface area contributed by atoms with Gasteiger partial charge in [0.25, 0.3) is 0 Å². The van der Waals surface area contributed by atoms with Crippen molar-refractivity contribution in [1.82, 2.24) is 14.3 Å². The van der Waals surface area contributed by atoms with Gasteiger partial charge in [-0.1, -0.05) is 18.2 Å². The van der Waals surface area contributed by atoms with E-state index in [4.69, 9.17) is 10.00 Å². The molecule has 0 bridgehead atoms. The van der Waals surface area contributed by atoms with E-state index in [0.717, 1.165) is 16.8 Å². The van der Waals surface area contributed by atoms with E-state index in [0.29, 0.717) is 11.1 Å². The third-order valence-corrected chi connectivity index (χ3v) is 5.59. The zero-order chi connectivity index (χ0) is 24.8. The molecule has 2 heterocycles. The quantitative estimate of drug-likeness (QED) is 0.544. The topological polar surface area (TPSA) is 93.2 Å². The number of aryl methyl sites for hydroxylation is 1. The number of aromatic nitrogens is 3. The van der Waals surface area contributed by atoms with Crippen LogP contribution in [0.2, 0.25) is 0 Å². The van der Waals surface area contributed by atoms with Gasteiger partial charge in [0.15, 0.2) is 0 Å². The number of nitrogens with zero attached hydrogens (tertiary/aromatic N) is 5. The van der Waals surface area contributed by atoms with Crippen LogP contribution in [0.3, 0.4) is 0 Å². The summed E-state index contributed by atoms with van der Waals surface area (Å²) >= 11 is 0. The lowest BCUT2D eigenvalue weighted by Crippen LogP contribution is -2.38. The van der Waals surface area contributed by atoms with Crippen molar-refractivity contribution in [3.8, 4) is 6.07 Å². The van der Waals surface area contributed by atoms with E-state index in [1.807, 2.05) is 6.07 Å². The number of fused-ring (bicyclic) bond motifs is 1. The zero-order valence-corrected chi connectivity index (χ0v) is 18.3. The number of carbonyl (C=O) groups is 1. The minimum Gasteiger partial charge on any atom is -0.466 e. The number of allylic oxidation sites excluding steroid dienone is 1. The van der Waals surface area contributed by atoms with Crippen LogP contribution in [-0.2, 0) is 22.8 Å². The minimum atomic E-state index is -4.59. The maximum absolute atomic E-state index is 13.4. The Hall–Kier alpha value is -4.33. The zero-order valence-electron chi connectivity index (χ0n) is 18.3. The summed E-state index contributed by atoms with van der Waals surface area (Å²) in [6, 6.07) is 11.8. The Labute approximate surface area is 191 Å². The molecule has 0 N–H and O–H groups in total. The maximum Gasteiger partial charge on any atom is 0.416 e. The van der Waals surface area contributed by atoms with E-state index in [2.05, 4.69) is 5.10 Å². The molecule has 174 valence electrons. The fourth-order valence-corrected chi connectivity index (χ4v) is 4.00. The number of ether oxygens (including phenoxy) is 1. The number of benzene rings is 2. The molecule has 0 saturated carbocycles. The number of methoxy groups -OCH3 is 1. The van der Waals surface area contributed by atoms with Crippen LogP contribution in [-0.4, -0.2) is 27.4 Å². The summed E-state index contributed by atoms with van der Waals surface area (Å²) in [4.78, 5) is 27.4. The number of rotatable bonds is 3. The second-order valence-electron chi connectivity index (χ2n) is 7.59. The molecule has 0 aliphatic carbocycles. The average Bonchev–Trinajstić information content (AvgIpc) is 3.11. The normalized spacial score (nSPS) is 15.7. The molecule has 0 saturated heterocycles. The summed E-state index contributed by atoms with van der Waals surface area (Å²) in [5.41, 5.74) is -0.237. The van der Waals surface area contributed by atoms with Crippen molar-refractivity contribution in [2.24, 2.45) is 7.05 Å². The molecule has 0 radical (unpaired) electrons. The van der Waals surface area contributed by atoms with Crippen LogP contribution in [0, 0.1) is 11.3 Å². The predicted octanol–water partition coefficient (Wildman–Crippen LogP) is 3.66. The predicted molar refractivity (Wildman–Crippen MR) is 115 cm³/mol. The first kappa shape index (κ1) is 22.8. The van der Waals surface area contributed by atoms with Gasteiger partial charge in [-0.25, -0.2) is 18.8 Å². The Morgan fingerprint density at radius 2 is 1.85 bits per heavy atom. The number of nitriles is 1. The average molecular weight is 469 g/mol. The third kappa shape index (κ3) is 3.63. The van der Waals surface area contributed by atoms with Crippen LogP contribution in [0.1, 0.15) is 29.7 Å². The van der Waals surface area contributed by atoms with Crippen molar-refractivity contribution in [3.63, 3.8) is 0 Å². The first-order valence-electron chi connectivity index (χ1n) is 10.0. The molecule has 2 aromatic carbocycles. The highest BCUT2D eigenvalue weighted by Gasteiger charge is 2.40. The van der Waals surface area contributed by atoms with Crippen LogP contribution in [0.5, 0.6) is 0 Å². The molecule has 11 heteroatoms. The molecule has 1 aromatic heterocycles.